The SMILES string of the molecule is Cc1ccc(N(C)C)c(CS(=O)c2nc3ncccc3[nH]2)c1. The third kappa shape index (κ3) is 2.87. The van der Waals surface area contributed by atoms with E-state index >= 15 is 0 Å². The summed E-state index contributed by atoms with van der Waals surface area (Å²) in [5.74, 6) is 0.426. The smallest absolute Gasteiger partial charge is 0.199 e. The third-order valence-electron chi connectivity index (χ3n) is 3.45. The number of aryl methyl sites for hydroxylation is 1. The van der Waals surface area contributed by atoms with Crippen LogP contribution in [0.3, 0.4) is 0 Å². The molecular formula is C16H18N4OS. The number of nitrogens with one attached hydrogen (secondary N) is 1. The van der Waals surface area contributed by atoms with Gasteiger partial charge in [-0.3, -0.25) is 4.21 Å². The lowest BCUT2D eigenvalue weighted by Crippen LogP contribution is -2.12. The van der Waals surface area contributed by atoms with Gasteiger partial charge in [-0.05, 0) is 30.7 Å². The molecule has 0 fully saturated rings. The van der Waals surface area contributed by atoms with Gasteiger partial charge in [-0.2, -0.15) is 0 Å². The first kappa shape index (κ1) is 14.7. The van der Waals surface area contributed by atoms with Crippen LogP contribution >= 0.6 is 0 Å². The molecule has 114 valence electrons. The number of imidazole rings is 1. The lowest BCUT2D eigenvalue weighted by molar-refractivity contribution is 0.677. The molecule has 1 N–H and O–H groups in total. The van der Waals surface area contributed by atoms with Crippen molar-refractivity contribution in [2.45, 2.75) is 17.8 Å². The van der Waals surface area contributed by atoms with Gasteiger partial charge in [-0.15, -0.1) is 0 Å². The number of hydrogen-bond acceptors (Lipinski definition) is 4. The molecule has 0 amide bonds. The van der Waals surface area contributed by atoms with E-state index in [9.17, 15) is 4.21 Å². The van der Waals surface area contributed by atoms with Crippen molar-refractivity contribution >= 4 is 27.7 Å². The van der Waals surface area contributed by atoms with Gasteiger partial charge in [0.05, 0.1) is 22.1 Å². The van der Waals surface area contributed by atoms with Crippen LogP contribution in [0.1, 0.15) is 11.1 Å². The number of rotatable bonds is 4. The van der Waals surface area contributed by atoms with Gasteiger partial charge >= 0.3 is 0 Å². The van der Waals surface area contributed by atoms with Crippen LogP contribution < -0.4 is 4.90 Å². The highest BCUT2D eigenvalue weighted by Crippen LogP contribution is 2.23. The Hall–Kier alpha value is -2.21. The summed E-state index contributed by atoms with van der Waals surface area (Å²) in [5.41, 5.74) is 4.69. The summed E-state index contributed by atoms with van der Waals surface area (Å²) >= 11 is 0. The molecule has 1 aromatic carbocycles. The summed E-state index contributed by atoms with van der Waals surface area (Å²) in [6.07, 6.45) is 1.68. The Bertz CT molecular complexity index is 808. The number of nitrogens with zero attached hydrogens (tertiary/aromatic N) is 3. The quantitative estimate of drug-likeness (QED) is 0.804. The Morgan fingerprint density at radius 3 is 2.82 bits per heavy atom. The van der Waals surface area contributed by atoms with Gasteiger partial charge in [0.15, 0.2) is 10.8 Å². The maximum atomic E-state index is 12.6. The van der Waals surface area contributed by atoms with Crippen LogP contribution in [0.15, 0.2) is 41.7 Å². The molecule has 0 aliphatic heterocycles. The maximum absolute atomic E-state index is 12.6. The number of benzene rings is 1. The van der Waals surface area contributed by atoms with Gasteiger partial charge in [-0.1, -0.05) is 17.7 Å². The molecule has 1 unspecified atom stereocenters. The van der Waals surface area contributed by atoms with Crippen molar-refractivity contribution in [3.63, 3.8) is 0 Å². The van der Waals surface area contributed by atoms with Crippen LogP contribution in [0.4, 0.5) is 5.69 Å². The molecule has 0 saturated carbocycles. The molecule has 0 aliphatic carbocycles. The number of H-pyrrole nitrogens is 1. The molecule has 0 saturated heterocycles. The van der Waals surface area contributed by atoms with Crippen molar-refractivity contribution < 1.29 is 4.21 Å². The minimum Gasteiger partial charge on any atom is -0.377 e. The molecule has 3 rings (SSSR count). The van der Waals surface area contributed by atoms with E-state index in [1.54, 1.807) is 6.20 Å². The zero-order chi connectivity index (χ0) is 15.7. The third-order valence-corrected chi connectivity index (χ3v) is 4.65. The highest BCUT2D eigenvalue weighted by molar-refractivity contribution is 7.84. The zero-order valence-corrected chi connectivity index (χ0v) is 13.6. The molecule has 2 aromatic heterocycles. The summed E-state index contributed by atoms with van der Waals surface area (Å²) in [6, 6.07) is 9.91. The van der Waals surface area contributed by atoms with Gasteiger partial charge in [0, 0.05) is 26.0 Å². The molecule has 0 bridgehead atoms. The second-order valence-electron chi connectivity index (χ2n) is 5.43. The van der Waals surface area contributed by atoms with E-state index in [0.717, 1.165) is 22.3 Å². The number of fused-ring (bicyclic) bond motifs is 1. The fraction of sp³-hybridized carbons (Fsp3) is 0.250. The second-order valence-corrected chi connectivity index (χ2v) is 6.80. The first-order valence-electron chi connectivity index (χ1n) is 7.00. The van der Waals surface area contributed by atoms with Crippen LogP contribution in [0.5, 0.6) is 0 Å². The lowest BCUT2D eigenvalue weighted by atomic mass is 10.1. The molecule has 0 radical (unpaired) electrons. The number of aromatic amines is 1. The summed E-state index contributed by atoms with van der Waals surface area (Å²) in [6.45, 7) is 2.04. The van der Waals surface area contributed by atoms with E-state index in [4.69, 9.17) is 0 Å². The van der Waals surface area contributed by atoms with Crippen LogP contribution in [-0.4, -0.2) is 33.3 Å². The summed E-state index contributed by atoms with van der Waals surface area (Å²) in [4.78, 5) is 13.6. The van der Waals surface area contributed by atoms with Crippen molar-refractivity contribution in [1.82, 2.24) is 15.0 Å². The molecule has 3 aromatic rings. The van der Waals surface area contributed by atoms with Crippen molar-refractivity contribution in [2.75, 3.05) is 19.0 Å². The molecule has 22 heavy (non-hydrogen) atoms. The van der Waals surface area contributed by atoms with E-state index in [1.807, 2.05) is 38.1 Å². The number of pyridine rings is 1. The Morgan fingerprint density at radius 1 is 1.27 bits per heavy atom. The average Bonchev–Trinajstić information content (AvgIpc) is 2.91. The highest BCUT2D eigenvalue weighted by atomic mass is 32.2. The molecule has 6 heteroatoms. The fourth-order valence-electron chi connectivity index (χ4n) is 2.41. The van der Waals surface area contributed by atoms with Crippen molar-refractivity contribution in [2.24, 2.45) is 0 Å². The molecule has 0 aliphatic rings. The Morgan fingerprint density at radius 2 is 2.09 bits per heavy atom. The Balaban J connectivity index is 1.92. The minimum atomic E-state index is -1.24. The van der Waals surface area contributed by atoms with Crippen LogP contribution in [0, 0.1) is 6.92 Å². The van der Waals surface area contributed by atoms with Crippen LogP contribution in [0.25, 0.3) is 11.2 Å². The first-order chi connectivity index (χ1) is 10.5. The summed E-state index contributed by atoms with van der Waals surface area (Å²) < 4.78 is 12.6. The van der Waals surface area contributed by atoms with Crippen molar-refractivity contribution in [3.8, 4) is 0 Å². The Labute approximate surface area is 131 Å². The van der Waals surface area contributed by atoms with E-state index in [2.05, 4.69) is 33.2 Å². The van der Waals surface area contributed by atoms with Gasteiger partial charge in [-0.25, -0.2) is 9.97 Å². The fourth-order valence-corrected chi connectivity index (χ4v) is 3.47. The van der Waals surface area contributed by atoms with Crippen molar-refractivity contribution in [3.05, 3.63) is 47.7 Å². The Kier molecular flexibility index (Phi) is 3.94. The van der Waals surface area contributed by atoms with E-state index in [1.165, 1.54) is 0 Å². The second kappa shape index (κ2) is 5.88. The average molecular weight is 314 g/mol. The zero-order valence-electron chi connectivity index (χ0n) is 12.8. The van der Waals surface area contributed by atoms with E-state index in [-0.39, 0.29) is 0 Å². The van der Waals surface area contributed by atoms with Gasteiger partial charge < -0.3 is 9.88 Å². The van der Waals surface area contributed by atoms with E-state index < -0.39 is 10.8 Å². The predicted molar refractivity (Wildman–Crippen MR) is 89.5 cm³/mol. The number of anilines is 1. The first-order valence-corrected chi connectivity index (χ1v) is 8.32. The van der Waals surface area contributed by atoms with E-state index in [0.29, 0.717) is 16.6 Å². The molecular weight excluding hydrogens is 296 g/mol. The molecule has 2 heterocycles. The molecule has 1 atom stereocenters. The van der Waals surface area contributed by atoms with Crippen LogP contribution in [0.2, 0.25) is 0 Å². The maximum Gasteiger partial charge on any atom is 0.199 e. The van der Waals surface area contributed by atoms with Gasteiger partial charge in [0.2, 0.25) is 0 Å². The predicted octanol–water partition coefficient (Wildman–Crippen LogP) is 2.64. The standard InChI is InChI=1S/C16H18N4OS/c1-11-6-7-14(20(2)3)12(9-11)10-22(21)16-18-13-5-4-8-17-15(13)19-16/h4-9H,10H2,1-3H3,(H,17,18,19). The monoisotopic (exact) mass is 314 g/mol. The van der Waals surface area contributed by atoms with Crippen LogP contribution in [-0.2, 0) is 16.6 Å². The van der Waals surface area contributed by atoms with Crippen molar-refractivity contribution in [1.29, 1.82) is 0 Å². The lowest BCUT2D eigenvalue weighted by Gasteiger charge is -2.17. The normalized spacial score (nSPS) is 12.5. The number of hydrogen-bond donors (Lipinski definition) is 1. The summed E-state index contributed by atoms with van der Waals surface area (Å²) in [7, 11) is 2.74. The molecule has 0 spiro atoms. The highest BCUT2D eigenvalue weighted by Gasteiger charge is 2.14. The number of aromatic nitrogens is 3. The summed E-state index contributed by atoms with van der Waals surface area (Å²) in [5, 5.41) is 0.472. The van der Waals surface area contributed by atoms with Gasteiger partial charge in [0.25, 0.3) is 0 Å². The largest absolute Gasteiger partial charge is 0.377 e. The topological polar surface area (TPSA) is 61.9 Å². The molecule has 5 nitrogen and oxygen atoms in total. The minimum absolute atomic E-state index is 0.426. The van der Waals surface area contributed by atoms with Gasteiger partial charge in [0.1, 0.15) is 0 Å².